The van der Waals surface area contributed by atoms with Crippen molar-refractivity contribution in [3.8, 4) is 0 Å². The van der Waals surface area contributed by atoms with E-state index in [4.69, 9.17) is 18.5 Å². The average Bonchev–Trinajstić information content (AvgIpc) is 3.16. The van der Waals surface area contributed by atoms with E-state index in [9.17, 15) is 19.0 Å². The summed E-state index contributed by atoms with van der Waals surface area (Å²) < 4.78 is 32.7. The Morgan fingerprint density at radius 2 is 0.873 bits per heavy atom. The van der Waals surface area contributed by atoms with Gasteiger partial charge in [0.15, 0.2) is 6.10 Å². The highest BCUT2D eigenvalue weighted by Crippen LogP contribution is 2.43. The van der Waals surface area contributed by atoms with Crippen molar-refractivity contribution in [1.29, 1.82) is 0 Å². The van der Waals surface area contributed by atoms with Crippen molar-refractivity contribution in [3.05, 3.63) is 36.5 Å². The van der Waals surface area contributed by atoms with Gasteiger partial charge in [0.2, 0.25) is 0 Å². The predicted octanol–water partition coefficient (Wildman–Crippen LogP) is 14.4. The highest BCUT2D eigenvalue weighted by molar-refractivity contribution is 7.47. The summed E-state index contributed by atoms with van der Waals surface area (Å²) in [6, 6.07) is 0. The van der Waals surface area contributed by atoms with E-state index >= 15 is 0 Å². The first-order valence-corrected chi connectivity index (χ1v) is 24.3. The summed E-state index contributed by atoms with van der Waals surface area (Å²) in [5.41, 5.74) is 0. The van der Waals surface area contributed by atoms with Crippen LogP contribution in [0.15, 0.2) is 36.5 Å². The Hall–Kier alpha value is -1.73. The third-order valence-corrected chi connectivity index (χ3v) is 10.7. The number of phosphoric acid groups is 1. The molecule has 0 aliphatic carbocycles. The molecule has 322 valence electrons. The normalized spacial score (nSPS) is 13.6. The fourth-order valence-corrected chi connectivity index (χ4v) is 7.06. The summed E-state index contributed by atoms with van der Waals surface area (Å²) in [4.78, 5) is 34.8. The predicted molar refractivity (Wildman–Crippen MR) is 230 cm³/mol. The maximum absolute atomic E-state index is 12.6. The molecule has 0 saturated carbocycles. The van der Waals surface area contributed by atoms with Gasteiger partial charge in [0.05, 0.1) is 13.2 Å². The molecule has 0 aromatic heterocycles. The molecule has 0 bridgehead atoms. The topological polar surface area (TPSA) is 108 Å². The van der Waals surface area contributed by atoms with Crippen LogP contribution in [0.4, 0.5) is 0 Å². The van der Waals surface area contributed by atoms with E-state index in [1.54, 1.807) is 6.92 Å². The first-order valence-electron chi connectivity index (χ1n) is 22.8. The Morgan fingerprint density at radius 1 is 0.491 bits per heavy atom. The van der Waals surface area contributed by atoms with Crippen LogP contribution in [0.3, 0.4) is 0 Å². The van der Waals surface area contributed by atoms with E-state index in [-0.39, 0.29) is 32.0 Å². The molecule has 0 saturated heterocycles. The number of hydrogen-bond acceptors (Lipinski definition) is 7. The summed E-state index contributed by atoms with van der Waals surface area (Å²) in [5, 5.41) is 0. The van der Waals surface area contributed by atoms with Gasteiger partial charge in [-0.1, -0.05) is 166 Å². The van der Waals surface area contributed by atoms with Gasteiger partial charge in [-0.2, -0.15) is 0 Å². The fraction of sp³-hybridized carbons (Fsp3) is 0.826. The standard InChI is InChI=1S/C46H85O8P/c1-4-7-9-11-13-15-17-19-21-23-24-25-27-29-31-33-35-37-39-41-46(48)54-44(43-53-55(49,50)52-6-3)42-51-45(47)40-38-36-34-32-30-28-26-22-20-18-16-14-12-10-8-5-2/h13,15,19,21-22,26,44H,4-12,14,16-18,20,23-25,27-43H2,1-3H3,(H,49,50)/b15-13-,21-19-,26-22-. The van der Waals surface area contributed by atoms with Crippen molar-refractivity contribution in [2.75, 3.05) is 19.8 Å². The number of hydrogen-bond donors (Lipinski definition) is 1. The second kappa shape index (κ2) is 41.9. The molecule has 0 aromatic rings. The molecule has 1 N–H and O–H groups in total. The molecule has 0 amide bonds. The van der Waals surface area contributed by atoms with E-state index in [1.807, 2.05) is 0 Å². The number of allylic oxidation sites excluding steroid dienone is 6. The van der Waals surface area contributed by atoms with Crippen molar-refractivity contribution in [1.82, 2.24) is 0 Å². The first-order chi connectivity index (χ1) is 26.8. The Kier molecular flexibility index (Phi) is 40.6. The van der Waals surface area contributed by atoms with Crippen molar-refractivity contribution in [2.45, 2.75) is 226 Å². The zero-order valence-electron chi connectivity index (χ0n) is 35.8. The van der Waals surface area contributed by atoms with Crippen LogP contribution in [0.25, 0.3) is 0 Å². The van der Waals surface area contributed by atoms with Crippen LogP contribution in [0.5, 0.6) is 0 Å². The summed E-state index contributed by atoms with van der Waals surface area (Å²) in [5.74, 6) is -0.807. The van der Waals surface area contributed by atoms with Crippen molar-refractivity contribution in [2.24, 2.45) is 0 Å². The molecule has 0 fully saturated rings. The van der Waals surface area contributed by atoms with Gasteiger partial charge in [0.25, 0.3) is 0 Å². The van der Waals surface area contributed by atoms with Gasteiger partial charge in [-0.05, 0) is 77.6 Å². The lowest BCUT2D eigenvalue weighted by Gasteiger charge is -2.19. The number of rotatable bonds is 42. The van der Waals surface area contributed by atoms with Gasteiger partial charge in [0, 0.05) is 12.8 Å². The number of carbonyl (C=O) groups is 2. The second-order valence-corrected chi connectivity index (χ2v) is 16.5. The highest BCUT2D eigenvalue weighted by atomic mass is 31.2. The van der Waals surface area contributed by atoms with Crippen LogP contribution in [0.2, 0.25) is 0 Å². The molecule has 55 heavy (non-hydrogen) atoms. The summed E-state index contributed by atoms with van der Waals surface area (Å²) >= 11 is 0. The van der Waals surface area contributed by atoms with Crippen LogP contribution < -0.4 is 0 Å². The SMILES string of the molecule is CCCCC/C=C\C/C=C\CCCCCCCCCCCC(=O)OC(COC(=O)CCCCCCC/C=C\CCCCCCCCC)COP(=O)(O)OCC. The molecule has 9 heteroatoms. The second-order valence-electron chi connectivity index (χ2n) is 15.1. The van der Waals surface area contributed by atoms with Crippen LogP contribution >= 0.6 is 7.82 Å². The van der Waals surface area contributed by atoms with Crippen LogP contribution in [0.1, 0.15) is 220 Å². The quantitative estimate of drug-likeness (QED) is 0.0281. The molecule has 0 aliphatic rings. The van der Waals surface area contributed by atoms with E-state index in [0.717, 1.165) is 64.2 Å². The third kappa shape index (κ3) is 41.7. The Morgan fingerprint density at radius 3 is 1.35 bits per heavy atom. The Balaban J connectivity index is 4.06. The van der Waals surface area contributed by atoms with Crippen molar-refractivity contribution < 1.29 is 37.6 Å². The molecule has 0 aromatic carbocycles. The minimum atomic E-state index is -4.28. The van der Waals surface area contributed by atoms with Gasteiger partial charge in [0.1, 0.15) is 6.61 Å². The Labute approximate surface area is 338 Å². The number of esters is 2. The van der Waals surface area contributed by atoms with Gasteiger partial charge in [-0.3, -0.25) is 18.6 Å². The minimum Gasteiger partial charge on any atom is -0.462 e. The lowest BCUT2D eigenvalue weighted by molar-refractivity contribution is -0.161. The highest BCUT2D eigenvalue weighted by Gasteiger charge is 2.25. The molecule has 2 unspecified atom stereocenters. The van der Waals surface area contributed by atoms with Crippen LogP contribution in [-0.2, 0) is 32.7 Å². The molecule has 2 atom stereocenters. The molecule has 0 spiro atoms. The van der Waals surface area contributed by atoms with Crippen LogP contribution in [-0.4, -0.2) is 42.8 Å². The summed E-state index contributed by atoms with van der Waals surface area (Å²) in [7, 11) is -4.28. The number of ether oxygens (including phenoxy) is 2. The van der Waals surface area contributed by atoms with E-state index in [2.05, 4.69) is 50.3 Å². The molecular weight excluding hydrogens is 711 g/mol. The van der Waals surface area contributed by atoms with Gasteiger partial charge in [-0.25, -0.2) is 4.57 Å². The maximum atomic E-state index is 12.6. The summed E-state index contributed by atoms with van der Waals surface area (Å²) in [6.45, 7) is 5.45. The van der Waals surface area contributed by atoms with Crippen LogP contribution in [0, 0.1) is 0 Å². The maximum Gasteiger partial charge on any atom is 0.472 e. The van der Waals surface area contributed by atoms with Crippen molar-refractivity contribution in [3.63, 3.8) is 0 Å². The average molecular weight is 797 g/mol. The monoisotopic (exact) mass is 797 g/mol. The lowest BCUT2D eigenvalue weighted by atomic mass is 10.1. The zero-order valence-corrected chi connectivity index (χ0v) is 36.7. The fourth-order valence-electron chi connectivity index (χ4n) is 6.30. The molecular formula is C46H85O8P. The smallest absolute Gasteiger partial charge is 0.462 e. The first kappa shape index (κ1) is 53.3. The molecule has 0 rings (SSSR count). The molecule has 0 radical (unpaired) electrons. The third-order valence-electron chi connectivity index (χ3n) is 9.67. The number of unbranched alkanes of at least 4 members (excludes halogenated alkanes) is 24. The zero-order chi connectivity index (χ0) is 40.3. The molecule has 0 heterocycles. The summed E-state index contributed by atoms with van der Waals surface area (Å²) in [6.07, 6.45) is 47.6. The van der Waals surface area contributed by atoms with Crippen molar-refractivity contribution >= 4 is 19.8 Å². The lowest BCUT2D eigenvalue weighted by Crippen LogP contribution is -2.29. The Bertz CT molecular complexity index is 994. The van der Waals surface area contributed by atoms with E-state index in [0.29, 0.717) is 6.42 Å². The van der Waals surface area contributed by atoms with Gasteiger partial charge < -0.3 is 14.4 Å². The molecule has 8 nitrogen and oxygen atoms in total. The van der Waals surface area contributed by atoms with E-state index < -0.39 is 26.5 Å². The van der Waals surface area contributed by atoms with Gasteiger partial charge in [-0.15, -0.1) is 0 Å². The van der Waals surface area contributed by atoms with Gasteiger partial charge >= 0.3 is 19.8 Å². The minimum absolute atomic E-state index is 0.00159. The number of phosphoric ester groups is 1. The molecule has 0 aliphatic heterocycles. The largest absolute Gasteiger partial charge is 0.472 e. The van der Waals surface area contributed by atoms with E-state index in [1.165, 1.54) is 116 Å². The number of carbonyl (C=O) groups excluding carboxylic acids is 2.